The minimum atomic E-state index is -0.0842. The summed E-state index contributed by atoms with van der Waals surface area (Å²) < 4.78 is 1.62. The molecule has 1 spiro atoms. The average molecular weight is 356 g/mol. The number of amides is 1. The van der Waals surface area contributed by atoms with E-state index in [0.29, 0.717) is 22.2 Å². The van der Waals surface area contributed by atoms with Crippen molar-refractivity contribution in [3.05, 3.63) is 47.2 Å². The molecule has 0 saturated heterocycles. The molecule has 4 fully saturated rings. The Morgan fingerprint density at radius 3 is 2.72 bits per heavy atom. The van der Waals surface area contributed by atoms with Crippen LogP contribution in [0.2, 0.25) is 5.15 Å². The Hall–Kier alpha value is -1.81. The summed E-state index contributed by atoms with van der Waals surface area (Å²) in [4.78, 5) is 12.9. The average Bonchev–Trinajstić information content (AvgIpc) is 2.99. The fraction of sp³-hybridized carbons (Fsp3) is 0.500. The standard InChI is InChI=1S/C20H22ClN3O/c21-18-16(12-22-24(18)15-4-2-1-3-5-15)19(25)23-17-7-6-13-8-14-10-20(17,9-13)11-14/h1-5,12-14,17H,6-11H2,(H,23,25). The first-order valence-electron chi connectivity index (χ1n) is 9.24. The maximum absolute atomic E-state index is 12.9. The van der Waals surface area contributed by atoms with Crippen LogP contribution in [0.4, 0.5) is 0 Å². The molecule has 3 bridgehead atoms. The molecule has 1 aromatic heterocycles. The Labute approximate surface area is 152 Å². The highest BCUT2D eigenvalue weighted by Crippen LogP contribution is 2.63. The van der Waals surface area contributed by atoms with Crippen molar-refractivity contribution in [3.8, 4) is 5.69 Å². The summed E-state index contributed by atoms with van der Waals surface area (Å²) in [6.07, 6.45) is 9.24. The van der Waals surface area contributed by atoms with Crippen molar-refractivity contribution >= 4 is 17.5 Å². The fourth-order valence-corrected chi connectivity index (χ4v) is 5.88. The number of rotatable bonds is 3. The van der Waals surface area contributed by atoms with Gasteiger partial charge in [-0.25, -0.2) is 4.68 Å². The van der Waals surface area contributed by atoms with Crippen LogP contribution in [0.3, 0.4) is 0 Å². The van der Waals surface area contributed by atoms with Crippen molar-refractivity contribution in [2.24, 2.45) is 17.3 Å². The van der Waals surface area contributed by atoms with E-state index in [2.05, 4.69) is 10.4 Å². The van der Waals surface area contributed by atoms with Gasteiger partial charge in [-0.3, -0.25) is 4.79 Å². The molecule has 25 heavy (non-hydrogen) atoms. The first-order chi connectivity index (χ1) is 12.1. The topological polar surface area (TPSA) is 46.9 Å². The molecule has 5 heteroatoms. The number of nitrogens with one attached hydrogen (secondary N) is 1. The van der Waals surface area contributed by atoms with Crippen LogP contribution in [0.25, 0.3) is 5.69 Å². The molecule has 4 aliphatic carbocycles. The second-order valence-electron chi connectivity index (χ2n) is 8.14. The van der Waals surface area contributed by atoms with Crippen molar-refractivity contribution < 1.29 is 4.79 Å². The normalized spacial score (nSPS) is 32.8. The van der Waals surface area contributed by atoms with Gasteiger partial charge in [0.15, 0.2) is 0 Å². The molecule has 1 heterocycles. The number of carbonyl (C=O) groups excluding carboxylic acids is 1. The Kier molecular flexibility index (Phi) is 3.46. The van der Waals surface area contributed by atoms with E-state index in [0.717, 1.165) is 23.9 Å². The molecule has 130 valence electrons. The molecular formula is C20H22ClN3O. The predicted octanol–water partition coefficient (Wildman–Crippen LogP) is 4.22. The van der Waals surface area contributed by atoms with Crippen molar-refractivity contribution in [2.75, 3.05) is 0 Å². The van der Waals surface area contributed by atoms with Crippen LogP contribution in [0.5, 0.6) is 0 Å². The van der Waals surface area contributed by atoms with Crippen LogP contribution >= 0.6 is 11.6 Å². The van der Waals surface area contributed by atoms with Crippen molar-refractivity contribution in [3.63, 3.8) is 0 Å². The van der Waals surface area contributed by atoms with Crippen molar-refractivity contribution in [1.82, 2.24) is 15.1 Å². The Morgan fingerprint density at radius 2 is 1.92 bits per heavy atom. The summed E-state index contributed by atoms with van der Waals surface area (Å²) in [5, 5.41) is 7.99. The van der Waals surface area contributed by atoms with Gasteiger partial charge in [0.1, 0.15) is 5.15 Å². The Morgan fingerprint density at radius 1 is 1.16 bits per heavy atom. The molecule has 1 N–H and O–H groups in total. The number of para-hydroxylation sites is 1. The number of aromatic nitrogens is 2. The SMILES string of the molecule is O=C(NC1CCC2CC3CC1(C2)C3)c1cnn(-c2ccccc2)c1Cl. The minimum absolute atomic E-state index is 0.0842. The number of halogens is 1. The van der Waals surface area contributed by atoms with Crippen LogP contribution in [-0.2, 0) is 0 Å². The number of benzene rings is 1. The Bertz CT molecular complexity index is 810. The van der Waals surface area contributed by atoms with E-state index >= 15 is 0 Å². The van der Waals surface area contributed by atoms with Crippen LogP contribution in [-0.4, -0.2) is 21.7 Å². The van der Waals surface area contributed by atoms with Gasteiger partial charge in [-0.1, -0.05) is 29.8 Å². The zero-order valence-corrected chi connectivity index (χ0v) is 14.9. The molecule has 6 rings (SSSR count). The highest BCUT2D eigenvalue weighted by Gasteiger charge is 2.57. The zero-order valence-electron chi connectivity index (χ0n) is 14.1. The molecule has 4 saturated carbocycles. The predicted molar refractivity (Wildman–Crippen MR) is 96.9 cm³/mol. The minimum Gasteiger partial charge on any atom is -0.349 e. The lowest BCUT2D eigenvalue weighted by Crippen LogP contribution is -2.60. The molecule has 0 aliphatic heterocycles. The summed E-state index contributed by atoms with van der Waals surface area (Å²) in [6.45, 7) is 0. The summed E-state index contributed by atoms with van der Waals surface area (Å²) in [5.41, 5.74) is 1.69. The third kappa shape index (κ3) is 2.42. The van der Waals surface area contributed by atoms with E-state index in [1.54, 1.807) is 10.9 Å². The van der Waals surface area contributed by atoms with Crippen LogP contribution in [0.15, 0.2) is 36.5 Å². The molecule has 0 radical (unpaired) electrons. The smallest absolute Gasteiger partial charge is 0.256 e. The van der Waals surface area contributed by atoms with Crippen LogP contribution in [0.1, 0.15) is 48.9 Å². The Balaban J connectivity index is 1.36. The monoisotopic (exact) mass is 355 g/mol. The molecule has 2 atom stereocenters. The third-order valence-electron chi connectivity index (χ3n) is 6.62. The molecule has 4 nitrogen and oxygen atoms in total. The summed E-state index contributed by atoms with van der Waals surface area (Å²) in [5.74, 6) is 1.71. The fourth-order valence-electron chi connectivity index (χ4n) is 5.60. The zero-order chi connectivity index (χ0) is 17.0. The molecule has 2 unspecified atom stereocenters. The van der Waals surface area contributed by atoms with Gasteiger partial charge in [0.05, 0.1) is 17.4 Å². The number of nitrogens with zero attached hydrogens (tertiary/aromatic N) is 2. The number of hydrogen-bond acceptors (Lipinski definition) is 2. The first kappa shape index (κ1) is 15.4. The highest BCUT2D eigenvalue weighted by atomic mass is 35.5. The molecule has 1 aromatic carbocycles. The van der Waals surface area contributed by atoms with Gasteiger partial charge in [0.25, 0.3) is 5.91 Å². The highest BCUT2D eigenvalue weighted by molar-refractivity contribution is 6.33. The number of hydrogen-bond donors (Lipinski definition) is 1. The van der Waals surface area contributed by atoms with Crippen LogP contribution in [0, 0.1) is 17.3 Å². The summed E-state index contributed by atoms with van der Waals surface area (Å²) in [7, 11) is 0. The van der Waals surface area contributed by atoms with Gasteiger partial charge < -0.3 is 5.32 Å². The van der Waals surface area contributed by atoms with Gasteiger partial charge in [-0.15, -0.1) is 0 Å². The van der Waals surface area contributed by atoms with Crippen molar-refractivity contribution in [2.45, 2.75) is 44.6 Å². The van der Waals surface area contributed by atoms with Gasteiger partial charge in [-0.2, -0.15) is 5.10 Å². The van der Waals surface area contributed by atoms with E-state index in [9.17, 15) is 4.79 Å². The maximum atomic E-state index is 12.9. The first-order valence-corrected chi connectivity index (χ1v) is 9.62. The quantitative estimate of drug-likeness (QED) is 0.895. The summed E-state index contributed by atoms with van der Waals surface area (Å²) >= 11 is 6.46. The van der Waals surface area contributed by atoms with E-state index in [4.69, 9.17) is 11.6 Å². The molecule has 1 amide bonds. The van der Waals surface area contributed by atoms with Crippen molar-refractivity contribution in [1.29, 1.82) is 0 Å². The van der Waals surface area contributed by atoms with Gasteiger partial charge in [0.2, 0.25) is 0 Å². The van der Waals surface area contributed by atoms with E-state index in [1.165, 1.54) is 32.1 Å². The number of carbonyl (C=O) groups is 1. The van der Waals surface area contributed by atoms with E-state index in [1.807, 2.05) is 30.3 Å². The van der Waals surface area contributed by atoms with E-state index in [-0.39, 0.29) is 5.91 Å². The molecule has 2 aromatic rings. The lowest BCUT2D eigenvalue weighted by Gasteiger charge is -2.62. The van der Waals surface area contributed by atoms with Crippen LogP contribution < -0.4 is 5.32 Å². The van der Waals surface area contributed by atoms with Gasteiger partial charge in [0, 0.05) is 6.04 Å². The van der Waals surface area contributed by atoms with E-state index < -0.39 is 0 Å². The summed E-state index contributed by atoms with van der Waals surface area (Å²) in [6, 6.07) is 9.96. The van der Waals surface area contributed by atoms with Gasteiger partial charge >= 0.3 is 0 Å². The largest absolute Gasteiger partial charge is 0.349 e. The molecule has 4 aliphatic rings. The van der Waals surface area contributed by atoms with Gasteiger partial charge in [-0.05, 0) is 67.9 Å². The maximum Gasteiger partial charge on any atom is 0.256 e. The lowest BCUT2D eigenvalue weighted by molar-refractivity contribution is -0.0940. The third-order valence-corrected chi connectivity index (χ3v) is 6.98. The second kappa shape index (κ2) is 5.60. The second-order valence-corrected chi connectivity index (χ2v) is 8.50. The lowest BCUT2D eigenvalue weighted by atomic mass is 9.45. The molecular weight excluding hydrogens is 334 g/mol.